The molecule has 5 rings (SSSR count). The molecule has 2 aliphatic rings. The van der Waals surface area contributed by atoms with E-state index in [9.17, 15) is 4.79 Å². The summed E-state index contributed by atoms with van der Waals surface area (Å²) in [6.45, 7) is 19.4. The van der Waals surface area contributed by atoms with Crippen LogP contribution in [0.1, 0.15) is 93.6 Å². The van der Waals surface area contributed by atoms with E-state index in [4.69, 9.17) is 22.4 Å². The molecule has 3 aromatic rings. The fourth-order valence-corrected chi connectivity index (χ4v) is 131. The fraction of sp³-hybridized carbons (Fsp3) is 0.424. The molecule has 2 nitrogen and oxygen atoms in total. The molecule has 1 N–H and O–H groups in total. The molecule has 51 heteroatoms. The van der Waals surface area contributed by atoms with Crippen LogP contribution < -0.4 is 5.32 Å². The topological polar surface area (TPSA) is 29.1 Å². The van der Waals surface area contributed by atoms with Gasteiger partial charge in [0.05, 0.1) is 0 Å². The van der Waals surface area contributed by atoms with Crippen molar-refractivity contribution >= 4 is 446 Å². The lowest BCUT2D eigenvalue weighted by atomic mass is 9.59. The lowest BCUT2D eigenvalue weighted by Gasteiger charge is -2.44. The van der Waals surface area contributed by atoms with Crippen LogP contribution in [0.25, 0.3) is 11.1 Å². The Morgan fingerprint density at radius 2 is 0.655 bits per heavy atom. The Hall–Kier alpha value is 7.91. The lowest BCUT2D eigenvalue weighted by molar-refractivity contribution is 0.0954. The standard InChI is InChI=1S/C33H39NO.S49/c1-30(2)25-12-10-9-11-23(25)24-15-14-22(20-27(24)30)29(35)34-18-17-21-13-16-26-28(19-21)32(5,6)33(7,8)31(26,3)4;1-3-5-7-9-11-13-15-17-19-21-23-25-27-29-31-33-35-37-39-41-43-45-47-49-48-46-44-42-40-38-36-34-32-30-28-26-24-22-20-18-16-14-12-10-8-6-4-2/h9-16,19-20H,17-18H2,1-8H3,(H,34,35);. The maximum absolute atomic E-state index is 13.1. The Morgan fingerprint density at radius 3 is 1.00 bits per heavy atom. The maximum atomic E-state index is 13.1. The van der Waals surface area contributed by atoms with Crippen molar-refractivity contribution in [3.63, 3.8) is 0 Å². The van der Waals surface area contributed by atoms with E-state index >= 15 is 0 Å². The van der Waals surface area contributed by atoms with Gasteiger partial charge >= 0.3 is 0 Å². The number of nitrogens with one attached hydrogen (secondary N) is 1. The smallest absolute Gasteiger partial charge is 0.251 e. The second kappa shape index (κ2) is 52.0. The maximum Gasteiger partial charge on any atom is 0.251 e. The van der Waals surface area contributed by atoms with Gasteiger partial charge in [-0.15, -0.1) is 0 Å². The average molecular weight is 2040 g/mol. The number of amides is 1. The van der Waals surface area contributed by atoms with Crippen molar-refractivity contribution in [1.29, 1.82) is 0 Å². The summed E-state index contributed by atoms with van der Waals surface area (Å²) in [6, 6.07) is 21.7. The molecule has 0 aliphatic heterocycles. The predicted octanol–water partition coefficient (Wildman–Crippen LogP) is 7.44. The highest BCUT2D eigenvalue weighted by Gasteiger charge is 2.56. The fourth-order valence-electron chi connectivity index (χ4n) is 7.04. The minimum atomic E-state index is -0.0962. The van der Waals surface area contributed by atoms with Gasteiger partial charge in [0, 0.05) is 457 Å². The Balaban J connectivity index is 0.000000377. The molecule has 0 saturated heterocycles. The van der Waals surface area contributed by atoms with Crippen LogP contribution in [0, 0.1) is 5.41 Å². The summed E-state index contributed by atoms with van der Waals surface area (Å²) >= 11 is 9.62. The van der Waals surface area contributed by atoms with E-state index in [2.05, 4.69) is 115 Å². The molecule has 0 saturated carbocycles. The Kier molecular flexibility index (Phi) is 52.2. The zero-order chi connectivity index (χ0) is 60.6. The summed E-state index contributed by atoms with van der Waals surface area (Å²) in [7, 11) is 83.9. The molecule has 2 aliphatic carbocycles. The lowest BCUT2D eigenvalue weighted by Crippen LogP contribution is -2.42. The molecule has 3 aromatic carbocycles. The summed E-state index contributed by atoms with van der Waals surface area (Å²) in [6.07, 6.45) is 0.831. The molecule has 1 amide bonds. The third kappa shape index (κ3) is 32.9. The first-order valence-corrected chi connectivity index (χ1v) is 85.0. The summed E-state index contributed by atoms with van der Waals surface area (Å²) in [4.78, 5) is 13.1. The van der Waals surface area contributed by atoms with Crippen LogP contribution in [-0.2, 0) is 462 Å². The third-order valence-corrected chi connectivity index (χ3v) is 114. The predicted molar refractivity (Wildman–Crippen MR) is 507 cm³/mol. The normalized spacial score (nSPS) is 12.7. The first kappa shape index (κ1) is 84.3. The Bertz CT molecular complexity index is 5140. The largest absolute Gasteiger partial charge is 0.352 e. The van der Waals surface area contributed by atoms with Crippen LogP contribution in [0.5, 0.6) is 0 Å². The molecule has 0 aromatic heterocycles. The van der Waals surface area contributed by atoms with Crippen molar-refractivity contribution in [2.75, 3.05) is 6.54 Å². The zero-order valence-corrected chi connectivity index (χ0v) is 82.6. The summed E-state index contributed by atoms with van der Waals surface area (Å²) < 4.78 is 0. The molecule has 0 fully saturated rings. The van der Waals surface area contributed by atoms with Crippen molar-refractivity contribution in [1.82, 2.24) is 5.32 Å². The zero-order valence-electron chi connectivity index (χ0n) is 42.6. The summed E-state index contributed by atoms with van der Waals surface area (Å²) in [5.74, 6) is 0.00307. The minimum absolute atomic E-state index is 0.00307. The SMILES string of the molecule is CC1(C)c2ccccc2-c2ccc(C(=O)NCCc3ccc4c(c3)C(C)(C)C(C)(C)C4(C)C)cc21.S=S=S=S=S=S=S=S=S=S=S=S=S=S=S=S=S=S=S=S=S=S=S=S=S=S=S=S=S=S=S=S=S=S=S=S=S=S=S=S=S=S=S=S=S=S=S=S=S. The van der Waals surface area contributed by atoms with Crippen LogP contribution >= 0.6 is 0 Å². The summed E-state index contributed by atoms with van der Waals surface area (Å²) in [5.41, 5.74) is 10.3. The molecule has 0 spiro atoms. The Labute approximate surface area is 636 Å². The van der Waals surface area contributed by atoms with Crippen LogP contribution in [0.15, 0.2) is 60.7 Å². The first-order valence-electron chi connectivity index (χ1n) is 21.0. The molecule has 476 valence electrons. The highest BCUT2D eigenvalue weighted by atomic mass is 33.5. The van der Waals surface area contributed by atoms with Gasteiger partial charge in [-0.25, -0.2) is 0 Å². The van der Waals surface area contributed by atoms with Gasteiger partial charge in [-0.05, 0) is 73.7 Å². The molecule has 0 heterocycles. The highest BCUT2D eigenvalue weighted by molar-refractivity contribution is 8.82. The summed E-state index contributed by atoms with van der Waals surface area (Å²) in [5, 5.41) is 3.17. The van der Waals surface area contributed by atoms with E-state index in [0.717, 1.165) is 12.0 Å². The van der Waals surface area contributed by atoms with E-state index in [1.165, 1.54) is 56.7 Å². The van der Waals surface area contributed by atoms with Crippen LogP contribution in [0.3, 0.4) is 0 Å². The number of benzene rings is 3. The van der Waals surface area contributed by atoms with Gasteiger partial charge in [0.2, 0.25) is 0 Å². The van der Waals surface area contributed by atoms with Crippen LogP contribution in [0.4, 0.5) is 0 Å². The second-order valence-electron chi connectivity index (χ2n) is 15.9. The van der Waals surface area contributed by atoms with E-state index in [1.807, 2.05) is 299 Å². The molecule has 0 unspecified atom stereocenters. The molecule has 0 atom stereocenters. The number of carbonyl (C=O) groups is 1. The van der Waals surface area contributed by atoms with E-state index in [-0.39, 0.29) is 27.6 Å². The van der Waals surface area contributed by atoms with Crippen LogP contribution in [-0.4, -0.2) is 12.5 Å². The molecule has 0 radical (unpaired) electrons. The molecule has 0 bridgehead atoms. The number of hydrogen-bond acceptors (Lipinski definition) is 3. The average Bonchev–Trinajstić information content (AvgIpc) is 1.62. The number of fused-ring (bicyclic) bond motifs is 4. The number of carbonyl (C=O) groups excluding carboxylic acids is 1. The van der Waals surface area contributed by atoms with Crippen molar-refractivity contribution in [2.24, 2.45) is 5.41 Å². The number of rotatable bonds is 4. The van der Waals surface area contributed by atoms with Crippen molar-refractivity contribution < 1.29 is 4.79 Å². The molecular formula is C33H39NOS49. The van der Waals surface area contributed by atoms with Crippen LogP contribution in [0.2, 0.25) is 0 Å². The van der Waals surface area contributed by atoms with Gasteiger partial charge in [0.25, 0.3) is 5.91 Å². The monoisotopic (exact) mass is 2030 g/mol. The second-order valence-corrected chi connectivity index (χ2v) is 99.0. The van der Waals surface area contributed by atoms with Gasteiger partial charge < -0.3 is 5.32 Å². The van der Waals surface area contributed by atoms with Crippen molar-refractivity contribution in [3.05, 3.63) is 94.0 Å². The molecule has 84 heavy (non-hydrogen) atoms. The Morgan fingerprint density at radius 1 is 0.345 bits per heavy atom. The van der Waals surface area contributed by atoms with Crippen molar-refractivity contribution in [2.45, 2.75) is 78.1 Å². The van der Waals surface area contributed by atoms with E-state index < -0.39 is 0 Å². The van der Waals surface area contributed by atoms with E-state index in [0.29, 0.717) is 6.54 Å². The third-order valence-electron chi connectivity index (χ3n) is 11.4. The quantitative estimate of drug-likeness (QED) is 0.295. The highest BCUT2D eigenvalue weighted by Crippen LogP contribution is 2.61. The van der Waals surface area contributed by atoms with Gasteiger partial charge in [0.1, 0.15) is 0 Å². The van der Waals surface area contributed by atoms with Gasteiger partial charge in [-0.1, -0.05) is 104 Å². The van der Waals surface area contributed by atoms with Gasteiger partial charge in [0.15, 0.2) is 0 Å². The first-order chi connectivity index (χ1) is 40.7. The number of hydrogen-bond donors (Lipinski definition) is 1. The molecular weight excluding hydrogens is 2000 g/mol. The minimum Gasteiger partial charge on any atom is -0.352 e. The van der Waals surface area contributed by atoms with E-state index in [1.54, 1.807) is 107 Å². The van der Waals surface area contributed by atoms with Gasteiger partial charge in [-0.2, -0.15) is 0 Å². The van der Waals surface area contributed by atoms with Gasteiger partial charge in [-0.3, -0.25) is 4.79 Å². The van der Waals surface area contributed by atoms with Crippen molar-refractivity contribution in [3.8, 4) is 11.1 Å².